The molecule has 0 atom stereocenters. The van der Waals surface area contributed by atoms with Crippen molar-refractivity contribution in [3.05, 3.63) is 82.0 Å². The van der Waals surface area contributed by atoms with E-state index in [-0.39, 0.29) is 5.69 Å². The maximum atomic E-state index is 10.9. The topological polar surface area (TPSA) is 113 Å². The minimum Gasteiger partial charge on any atom is -0.258 e. The normalized spacial score (nSPS) is 10.8. The van der Waals surface area contributed by atoms with Crippen LogP contribution in [-0.2, 0) is 13.0 Å². The Morgan fingerprint density at radius 1 is 1.07 bits per heavy atom. The van der Waals surface area contributed by atoms with E-state index in [0.29, 0.717) is 28.1 Å². The van der Waals surface area contributed by atoms with Gasteiger partial charge in [-0.3, -0.25) is 10.1 Å². The molecule has 0 spiro atoms. The highest BCUT2D eigenvalue weighted by Gasteiger charge is 2.14. The lowest BCUT2D eigenvalue weighted by Gasteiger charge is -2.08. The zero-order valence-electron chi connectivity index (χ0n) is 16.0. The number of nitrogens with zero attached hydrogens (tertiary/aromatic N) is 7. The molecule has 0 saturated heterocycles. The number of aryl methyl sites for hydroxylation is 1. The summed E-state index contributed by atoms with van der Waals surface area (Å²) in [6.07, 6.45) is 0.727. The summed E-state index contributed by atoms with van der Waals surface area (Å²) >= 11 is 1.35. The van der Waals surface area contributed by atoms with Crippen LogP contribution in [-0.4, -0.2) is 35.1 Å². The molecule has 2 heterocycles. The molecule has 9 nitrogen and oxygen atoms in total. The number of non-ortho nitro benzene ring substituents is 1. The first-order valence-corrected chi connectivity index (χ1v) is 10.0. The Bertz CT molecular complexity index is 1160. The third-order valence-electron chi connectivity index (χ3n) is 4.32. The van der Waals surface area contributed by atoms with Crippen LogP contribution < -0.4 is 0 Å². The number of tetrazole rings is 1. The molecule has 150 valence electrons. The first-order chi connectivity index (χ1) is 14.6. The van der Waals surface area contributed by atoms with Gasteiger partial charge in [-0.2, -0.15) is 0 Å². The minimum atomic E-state index is -0.430. The van der Waals surface area contributed by atoms with Gasteiger partial charge in [0, 0.05) is 23.4 Å². The number of hydrogen-bond acceptors (Lipinski definition) is 8. The second-order valence-corrected chi connectivity index (χ2v) is 7.37. The van der Waals surface area contributed by atoms with Gasteiger partial charge in [0.05, 0.1) is 11.5 Å². The first-order valence-electron chi connectivity index (χ1n) is 9.23. The summed E-state index contributed by atoms with van der Waals surface area (Å²) in [6, 6.07) is 18.1. The maximum Gasteiger partial charge on any atom is 0.269 e. The van der Waals surface area contributed by atoms with Crippen molar-refractivity contribution < 1.29 is 4.92 Å². The van der Waals surface area contributed by atoms with Gasteiger partial charge < -0.3 is 0 Å². The number of benzene rings is 2. The number of aromatic nitrogens is 6. The quantitative estimate of drug-likeness (QED) is 0.252. The number of rotatable bonds is 7. The molecule has 0 amide bonds. The van der Waals surface area contributed by atoms with Crippen LogP contribution in [0.2, 0.25) is 0 Å². The lowest BCUT2D eigenvalue weighted by atomic mass is 10.2. The van der Waals surface area contributed by atoms with Gasteiger partial charge in [0.1, 0.15) is 5.03 Å². The molecular formula is C20H17N7O2S. The van der Waals surface area contributed by atoms with E-state index < -0.39 is 4.92 Å². The van der Waals surface area contributed by atoms with Gasteiger partial charge >= 0.3 is 0 Å². The molecule has 4 rings (SSSR count). The van der Waals surface area contributed by atoms with Crippen molar-refractivity contribution in [1.82, 2.24) is 30.2 Å². The van der Waals surface area contributed by atoms with E-state index in [2.05, 4.69) is 25.5 Å². The summed E-state index contributed by atoms with van der Waals surface area (Å²) in [5, 5.41) is 24.2. The van der Waals surface area contributed by atoms with Gasteiger partial charge in [0.25, 0.3) is 5.69 Å². The van der Waals surface area contributed by atoms with Crippen LogP contribution in [0.5, 0.6) is 0 Å². The summed E-state index contributed by atoms with van der Waals surface area (Å²) in [5.74, 6) is 0.508. The standard InChI is InChI=1S/C20H17N7O2S/c1-2-16-12-18(22-19(21-16)15-8-10-17(11-9-15)27(28)29)30-20-23-24-25-26(20)13-14-6-4-3-5-7-14/h3-12H,2,13H2,1H3. The minimum absolute atomic E-state index is 0.0279. The Kier molecular flexibility index (Phi) is 5.75. The van der Waals surface area contributed by atoms with Crippen LogP contribution in [0.15, 0.2) is 70.8 Å². The zero-order chi connectivity index (χ0) is 20.9. The molecule has 0 fully saturated rings. The van der Waals surface area contributed by atoms with Gasteiger partial charge in [-0.1, -0.05) is 37.3 Å². The van der Waals surface area contributed by atoms with E-state index >= 15 is 0 Å². The van der Waals surface area contributed by atoms with Crippen LogP contribution in [0.3, 0.4) is 0 Å². The second kappa shape index (κ2) is 8.78. The van der Waals surface area contributed by atoms with Gasteiger partial charge in [0.2, 0.25) is 5.16 Å². The van der Waals surface area contributed by atoms with Crippen molar-refractivity contribution in [3.8, 4) is 11.4 Å². The fourth-order valence-electron chi connectivity index (χ4n) is 2.79. The molecule has 2 aromatic heterocycles. The van der Waals surface area contributed by atoms with Crippen LogP contribution in [0, 0.1) is 10.1 Å². The van der Waals surface area contributed by atoms with Gasteiger partial charge in [0.15, 0.2) is 5.82 Å². The molecule has 0 unspecified atom stereocenters. The zero-order valence-corrected chi connectivity index (χ0v) is 16.9. The van der Waals surface area contributed by atoms with Crippen LogP contribution >= 0.6 is 11.8 Å². The average molecular weight is 419 g/mol. The molecule has 10 heteroatoms. The van der Waals surface area contributed by atoms with E-state index in [0.717, 1.165) is 17.7 Å². The Balaban J connectivity index is 1.62. The first kappa shape index (κ1) is 19.6. The molecule has 4 aromatic rings. The highest BCUT2D eigenvalue weighted by Crippen LogP contribution is 2.28. The third kappa shape index (κ3) is 4.49. The van der Waals surface area contributed by atoms with Crippen molar-refractivity contribution in [3.63, 3.8) is 0 Å². The van der Waals surface area contributed by atoms with Crippen molar-refractivity contribution in [2.24, 2.45) is 0 Å². The molecule has 0 saturated carbocycles. The van der Waals surface area contributed by atoms with E-state index in [1.165, 1.54) is 23.9 Å². The van der Waals surface area contributed by atoms with Crippen molar-refractivity contribution in [2.75, 3.05) is 0 Å². The maximum absolute atomic E-state index is 10.9. The van der Waals surface area contributed by atoms with Crippen molar-refractivity contribution in [1.29, 1.82) is 0 Å². The predicted octanol–water partition coefficient (Wildman–Crippen LogP) is 3.80. The van der Waals surface area contributed by atoms with Crippen molar-refractivity contribution in [2.45, 2.75) is 30.1 Å². The van der Waals surface area contributed by atoms with Gasteiger partial charge in [-0.25, -0.2) is 14.6 Å². The summed E-state index contributed by atoms with van der Waals surface area (Å²) in [4.78, 5) is 19.6. The fourth-order valence-corrected chi connectivity index (χ4v) is 3.58. The number of nitro benzene ring substituents is 1. The molecule has 0 bridgehead atoms. The molecule has 2 aromatic carbocycles. The monoisotopic (exact) mass is 419 g/mol. The van der Waals surface area contributed by atoms with E-state index in [1.54, 1.807) is 16.8 Å². The van der Waals surface area contributed by atoms with Gasteiger partial charge in [-0.05, 0) is 52.4 Å². The average Bonchev–Trinajstić information content (AvgIpc) is 3.20. The smallest absolute Gasteiger partial charge is 0.258 e. The lowest BCUT2D eigenvalue weighted by Crippen LogP contribution is -2.04. The Morgan fingerprint density at radius 3 is 2.53 bits per heavy atom. The second-order valence-electron chi connectivity index (χ2n) is 6.39. The highest BCUT2D eigenvalue weighted by molar-refractivity contribution is 7.99. The van der Waals surface area contributed by atoms with Crippen LogP contribution in [0.1, 0.15) is 18.2 Å². The summed E-state index contributed by atoms with van der Waals surface area (Å²) in [5.41, 5.74) is 2.69. The van der Waals surface area contributed by atoms with Crippen molar-refractivity contribution >= 4 is 17.4 Å². The predicted molar refractivity (Wildman–Crippen MR) is 111 cm³/mol. The van der Waals surface area contributed by atoms with Gasteiger partial charge in [-0.15, -0.1) is 5.10 Å². The summed E-state index contributed by atoms with van der Waals surface area (Å²) < 4.78 is 1.72. The van der Waals surface area contributed by atoms with E-state index in [9.17, 15) is 10.1 Å². The molecule has 0 aliphatic carbocycles. The van der Waals surface area contributed by atoms with Crippen LogP contribution in [0.4, 0.5) is 5.69 Å². The van der Waals surface area contributed by atoms with E-state index in [1.807, 2.05) is 43.3 Å². The number of nitro groups is 1. The largest absolute Gasteiger partial charge is 0.269 e. The summed E-state index contributed by atoms with van der Waals surface area (Å²) in [6.45, 7) is 2.56. The molecule has 0 aliphatic rings. The molecular weight excluding hydrogens is 402 g/mol. The molecule has 30 heavy (non-hydrogen) atoms. The molecule has 0 aliphatic heterocycles. The SMILES string of the molecule is CCc1cc(Sc2nnnn2Cc2ccccc2)nc(-c2ccc([N+](=O)[O-])cc2)n1. The number of hydrogen-bond donors (Lipinski definition) is 0. The molecule has 0 N–H and O–H groups in total. The Labute approximate surface area is 176 Å². The summed E-state index contributed by atoms with van der Waals surface area (Å²) in [7, 11) is 0. The van der Waals surface area contributed by atoms with Crippen LogP contribution in [0.25, 0.3) is 11.4 Å². The highest BCUT2D eigenvalue weighted by atomic mass is 32.2. The lowest BCUT2D eigenvalue weighted by molar-refractivity contribution is -0.384. The molecule has 0 radical (unpaired) electrons. The Morgan fingerprint density at radius 2 is 1.83 bits per heavy atom. The fraction of sp³-hybridized carbons (Fsp3) is 0.150. The Hall–Kier alpha value is -3.66. The third-order valence-corrected chi connectivity index (χ3v) is 5.22. The van der Waals surface area contributed by atoms with E-state index in [4.69, 9.17) is 0 Å².